The molecule has 32 heavy (non-hydrogen) atoms. The molecule has 0 radical (unpaired) electrons. The lowest BCUT2D eigenvalue weighted by Gasteiger charge is -2.34. The quantitative estimate of drug-likeness (QED) is 0.222. The van der Waals surface area contributed by atoms with Gasteiger partial charge in [0.25, 0.3) is 0 Å². The van der Waals surface area contributed by atoms with Crippen LogP contribution in [0.1, 0.15) is 12.0 Å². The lowest BCUT2D eigenvalue weighted by Crippen LogP contribution is -2.47. The number of aromatic nitrogens is 2. The Hall–Kier alpha value is -2.34. The van der Waals surface area contributed by atoms with Gasteiger partial charge >= 0.3 is 0 Å². The summed E-state index contributed by atoms with van der Waals surface area (Å²) >= 11 is 0. The van der Waals surface area contributed by atoms with E-state index >= 15 is 0 Å². The molecular formula is C22H32IN7O2. The highest BCUT2D eigenvalue weighted by molar-refractivity contribution is 14.0. The normalized spacial score (nSPS) is 15.9. The summed E-state index contributed by atoms with van der Waals surface area (Å²) in [5, 5.41) is 6.79. The van der Waals surface area contributed by atoms with Crippen molar-refractivity contribution in [2.45, 2.75) is 12.8 Å². The van der Waals surface area contributed by atoms with E-state index in [9.17, 15) is 0 Å². The number of aliphatic imine (C=N–C) groups is 1. The maximum Gasteiger partial charge on any atom is 0.231 e. The van der Waals surface area contributed by atoms with Crippen molar-refractivity contribution in [2.75, 3.05) is 64.6 Å². The van der Waals surface area contributed by atoms with Crippen molar-refractivity contribution in [3.63, 3.8) is 0 Å². The molecule has 1 aromatic carbocycles. The van der Waals surface area contributed by atoms with Crippen molar-refractivity contribution < 1.29 is 9.47 Å². The molecule has 0 atom stereocenters. The molecule has 9 nitrogen and oxygen atoms in total. The Morgan fingerprint density at radius 3 is 2.56 bits per heavy atom. The van der Waals surface area contributed by atoms with Crippen molar-refractivity contribution in [1.82, 2.24) is 25.5 Å². The molecule has 174 valence electrons. The molecule has 0 saturated carbocycles. The molecule has 2 aliphatic heterocycles. The van der Waals surface area contributed by atoms with Gasteiger partial charge in [-0.2, -0.15) is 0 Å². The van der Waals surface area contributed by atoms with Crippen LogP contribution in [-0.2, 0) is 6.42 Å². The van der Waals surface area contributed by atoms with Gasteiger partial charge in [0.05, 0.1) is 0 Å². The summed E-state index contributed by atoms with van der Waals surface area (Å²) in [6.45, 7) is 7.12. The number of guanidine groups is 1. The fourth-order valence-corrected chi connectivity index (χ4v) is 3.78. The van der Waals surface area contributed by atoms with E-state index in [2.05, 4.69) is 41.5 Å². The first kappa shape index (κ1) is 24.3. The zero-order valence-corrected chi connectivity index (χ0v) is 20.8. The van der Waals surface area contributed by atoms with Crippen LogP contribution in [0.5, 0.6) is 11.5 Å². The van der Waals surface area contributed by atoms with Crippen LogP contribution in [0.2, 0.25) is 0 Å². The zero-order valence-electron chi connectivity index (χ0n) is 18.5. The minimum absolute atomic E-state index is 0. The fourth-order valence-electron chi connectivity index (χ4n) is 3.78. The van der Waals surface area contributed by atoms with Gasteiger partial charge in [-0.1, -0.05) is 6.07 Å². The van der Waals surface area contributed by atoms with Crippen LogP contribution in [0.4, 0.5) is 5.95 Å². The SMILES string of the molecule is CN=C(NCCCN1CCN(c2ncccn2)CC1)NCCc1ccc2c(c1)OCO2.I. The highest BCUT2D eigenvalue weighted by atomic mass is 127. The molecule has 0 unspecified atom stereocenters. The molecule has 1 saturated heterocycles. The zero-order chi connectivity index (χ0) is 21.3. The van der Waals surface area contributed by atoms with Crippen LogP contribution in [0.3, 0.4) is 0 Å². The summed E-state index contributed by atoms with van der Waals surface area (Å²) in [5.41, 5.74) is 1.22. The molecular weight excluding hydrogens is 521 g/mol. The molecule has 2 aliphatic rings. The molecule has 0 amide bonds. The molecule has 2 N–H and O–H groups in total. The van der Waals surface area contributed by atoms with E-state index in [1.165, 1.54) is 5.56 Å². The highest BCUT2D eigenvalue weighted by Crippen LogP contribution is 2.32. The third-order valence-corrected chi connectivity index (χ3v) is 5.52. The smallest absolute Gasteiger partial charge is 0.231 e. The third-order valence-electron chi connectivity index (χ3n) is 5.52. The Morgan fingerprint density at radius 2 is 1.78 bits per heavy atom. The summed E-state index contributed by atoms with van der Waals surface area (Å²) in [5.74, 6) is 3.33. The first-order valence-electron chi connectivity index (χ1n) is 10.9. The number of halogens is 1. The second-order valence-corrected chi connectivity index (χ2v) is 7.59. The Labute approximate surface area is 206 Å². The lowest BCUT2D eigenvalue weighted by molar-refractivity contribution is 0.174. The monoisotopic (exact) mass is 553 g/mol. The molecule has 1 aromatic heterocycles. The van der Waals surface area contributed by atoms with E-state index in [-0.39, 0.29) is 24.0 Å². The molecule has 2 aromatic rings. The van der Waals surface area contributed by atoms with Gasteiger partial charge in [0.1, 0.15) is 0 Å². The van der Waals surface area contributed by atoms with Gasteiger partial charge in [-0.15, -0.1) is 24.0 Å². The molecule has 10 heteroatoms. The summed E-state index contributed by atoms with van der Waals surface area (Å²) in [4.78, 5) is 17.8. The number of benzene rings is 1. The summed E-state index contributed by atoms with van der Waals surface area (Å²) in [6, 6.07) is 7.95. The van der Waals surface area contributed by atoms with Gasteiger partial charge in [-0.05, 0) is 43.1 Å². The summed E-state index contributed by atoms with van der Waals surface area (Å²) in [7, 11) is 1.81. The van der Waals surface area contributed by atoms with Crippen LogP contribution in [0.25, 0.3) is 0 Å². The molecule has 0 aliphatic carbocycles. The van der Waals surface area contributed by atoms with Gasteiger partial charge in [-0.3, -0.25) is 9.89 Å². The number of rotatable bonds is 8. The van der Waals surface area contributed by atoms with Crippen LogP contribution >= 0.6 is 24.0 Å². The van der Waals surface area contributed by atoms with Crippen LogP contribution in [-0.4, -0.2) is 80.5 Å². The Balaban J connectivity index is 0.00000289. The van der Waals surface area contributed by atoms with E-state index < -0.39 is 0 Å². The maximum atomic E-state index is 5.44. The van der Waals surface area contributed by atoms with Crippen molar-refractivity contribution in [3.05, 3.63) is 42.2 Å². The number of hydrogen-bond donors (Lipinski definition) is 2. The number of nitrogens with one attached hydrogen (secondary N) is 2. The van der Waals surface area contributed by atoms with Gasteiger partial charge in [-0.25, -0.2) is 9.97 Å². The standard InChI is InChI=1S/C22H31N7O2.HI/c1-23-21(25-10-6-18-4-5-19-20(16-18)31-17-30-19)24-9-3-11-28-12-14-29(15-13-28)22-26-7-2-8-27-22;/h2,4-5,7-8,16H,3,6,9-15,17H2,1H3,(H2,23,24,25);1H. The van der Waals surface area contributed by atoms with Gasteiger partial charge in [0.15, 0.2) is 17.5 Å². The number of fused-ring (bicyclic) bond motifs is 1. The number of hydrogen-bond acceptors (Lipinski definition) is 7. The van der Waals surface area contributed by atoms with Crippen LogP contribution in [0, 0.1) is 0 Å². The van der Waals surface area contributed by atoms with E-state index in [1.807, 2.05) is 18.2 Å². The van der Waals surface area contributed by atoms with Gasteiger partial charge in [0.2, 0.25) is 12.7 Å². The maximum absolute atomic E-state index is 5.44. The van der Waals surface area contributed by atoms with E-state index in [4.69, 9.17) is 9.47 Å². The van der Waals surface area contributed by atoms with Gasteiger partial charge < -0.3 is 25.0 Å². The van der Waals surface area contributed by atoms with E-state index in [0.29, 0.717) is 6.79 Å². The Morgan fingerprint density at radius 1 is 1.03 bits per heavy atom. The second-order valence-electron chi connectivity index (χ2n) is 7.59. The molecule has 4 rings (SSSR count). The number of anilines is 1. The summed E-state index contributed by atoms with van der Waals surface area (Å²) in [6.07, 6.45) is 5.57. The average Bonchev–Trinajstić information content (AvgIpc) is 3.29. The van der Waals surface area contributed by atoms with E-state index in [0.717, 1.165) is 82.1 Å². The molecule has 3 heterocycles. The topological polar surface area (TPSA) is 87.1 Å². The first-order chi connectivity index (χ1) is 15.3. The number of ether oxygens (including phenoxy) is 2. The van der Waals surface area contributed by atoms with Gasteiger partial charge in [0, 0.05) is 58.7 Å². The first-order valence-corrected chi connectivity index (χ1v) is 10.9. The highest BCUT2D eigenvalue weighted by Gasteiger charge is 2.18. The Bertz CT molecular complexity index is 861. The summed E-state index contributed by atoms with van der Waals surface area (Å²) < 4.78 is 10.8. The lowest BCUT2D eigenvalue weighted by atomic mass is 10.1. The average molecular weight is 553 g/mol. The van der Waals surface area contributed by atoms with Crippen molar-refractivity contribution in [1.29, 1.82) is 0 Å². The number of nitrogens with zero attached hydrogens (tertiary/aromatic N) is 5. The molecule has 0 bridgehead atoms. The Kier molecular flexibility index (Phi) is 9.60. The predicted molar refractivity (Wildman–Crippen MR) is 136 cm³/mol. The minimum Gasteiger partial charge on any atom is -0.454 e. The second kappa shape index (κ2) is 12.6. The van der Waals surface area contributed by atoms with Crippen molar-refractivity contribution >= 4 is 35.9 Å². The fraction of sp³-hybridized carbons (Fsp3) is 0.500. The largest absolute Gasteiger partial charge is 0.454 e. The van der Waals surface area contributed by atoms with Crippen LogP contribution < -0.4 is 25.0 Å². The molecule has 0 spiro atoms. The number of piperazine rings is 1. The third kappa shape index (κ3) is 6.83. The minimum atomic E-state index is 0. The van der Waals surface area contributed by atoms with E-state index in [1.54, 1.807) is 19.4 Å². The predicted octanol–water partition coefficient (Wildman–Crippen LogP) is 1.74. The van der Waals surface area contributed by atoms with Crippen LogP contribution in [0.15, 0.2) is 41.7 Å². The molecule has 1 fully saturated rings. The van der Waals surface area contributed by atoms with Crippen molar-refractivity contribution in [3.8, 4) is 11.5 Å². The van der Waals surface area contributed by atoms with Crippen molar-refractivity contribution in [2.24, 2.45) is 4.99 Å².